The second-order valence-corrected chi connectivity index (χ2v) is 20.4. The Kier molecular flexibility index (Phi) is 9.91. The number of pyridine rings is 2. The number of rotatable bonds is 6. The Labute approximate surface area is 449 Å². The van der Waals surface area contributed by atoms with Gasteiger partial charge in [0.2, 0.25) is 0 Å². The first-order valence-corrected chi connectivity index (χ1v) is 26.6. The van der Waals surface area contributed by atoms with Gasteiger partial charge in [0.1, 0.15) is 0 Å². The van der Waals surface area contributed by atoms with Crippen LogP contribution in [0.5, 0.6) is 0 Å². The fourth-order valence-corrected chi connectivity index (χ4v) is 12.3. The summed E-state index contributed by atoms with van der Waals surface area (Å²) in [4.78, 5) is 22.0. The van der Waals surface area contributed by atoms with Crippen molar-refractivity contribution < 1.29 is 0 Å². The highest BCUT2D eigenvalue weighted by atomic mass is 14.9. The third kappa shape index (κ3) is 7.01. The molecular formula is C74H44N4. The van der Waals surface area contributed by atoms with Crippen molar-refractivity contribution in [2.45, 2.75) is 0 Å². The largest absolute Gasteiger partial charge is 0.247 e. The highest BCUT2D eigenvalue weighted by molar-refractivity contribution is 6.20. The molecule has 0 aliphatic carbocycles. The summed E-state index contributed by atoms with van der Waals surface area (Å²) in [5.41, 5.74) is 13.9. The number of nitrogens with zero attached hydrogens (tertiary/aromatic N) is 4. The van der Waals surface area contributed by atoms with Crippen LogP contribution in [0.25, 0.3) is 165 Å². The van der Waals surface area contributed by atoms with Gasteiger partial charge in [0.15, 0.2) is 5.82 Å². The van der Waals surface area contributed by atoms with Gasteiger partial charge < -0.3 is 0 Å². The zero-order valence-electron chi connectivity index (χ0n) is 42.2. The molecular weight excluding hydrogens is 945 g/mol. The van der Waals surface area contributed by atoms with Crippen LogP contribution in [0.4, 0.5) is 0 Å². The van der Waals surface area contributed by atoms with Gasteiger partial charge in [-0.1, -0.05) is 231 Å². The third-order valence-electron chi connectivity index (χ3n) is 16.0. The number of hydrogen-bond donors (Lipinski definition) is 0. The van der Waals surface area contributed by atoms with Crippen LogP contribution in [-0.2, 0) is 0 Å². The van der Waals surface area contributed by atoms with E-state index in [0.717, 1.165) is 105 Å². The van der Waals surface area contributed by atoms with Crippen LogP contribution < -0.4 is 0 Å². The minimum absolute atomic E-state index is 0.641. The van der Waals surface area contributed by atoms with Gasteiger partial charge in [0.25, 0.3) is 0 Å². The predicted octanol–water partition coefficient (Wildman–Crippen LogP) is 19.6. The first kappa shape index (κ1) is 43.9. The fraction of sp³-hybridized carbons (Fsp3) is 0. The quantitative estimate of drug-likeness (QED) is 0.156. The van der Waals surface area contributed by atoms with Crippen LogP contribution in [0.1, 0.15) is 0 Å². The van der Waals surface area contributed by atoms with Gasteiger partial charge >= 0.3 is 0 Å². The molecule has 16 aromatic rings. The van der Waals surface area contributed by atoms with Crippen LogP contribution in [0, 0.1) is 0 Å². The van der Waals surface area contributed by atoms with E-state index in [2.05, 4.69) is 267 Å². The highest BCUT2D eigenvalue weighted by Crippen LogP contribution is 2.45. The lowest BCUT2D eigenvalue weighted by molar-refractivity contribution is 1.23. The van der Waals surface area contributed by atoms with E-state index in [9.17, 15) is 0 Å². The molecule has 0 spiro atoms. The van der Waals surface area contributed by atoms with Crippen LogP contribution >= 0.6 is 0 Å². The standard InChI is InChI=1S/C74H44N4/c1-3-19-52-49(17-1)41-64(56-23-7-5-21-54(52)56)51-43-66(65-42-50-18-2-4-20-53(50)55-22-6-8-24-57(55)65)73-67(44-51)72(47-35-33-45(34-36-47)70-62-29-11-9-25-58(62)60-27-13-15-31-68(60)75-70)77-74(78-73)48-39-37-46(38-40-48)71-63-30-12-10-26-59(63)61-28-14-16-32-69(61)76-71/h1-44H. The zero-order valence-corrected chi connectivity index (χ0v) is 42.2. The molecule has 3 aromatic heterocycles. The van der Waals surface area contributed by atoms with E-state index >= 15 is 0 Å². The topological polar surface area (TPSA) is 51.6 Å². The first-order chi connectivity index (χ1) is 38.7. The molecule has 0 saturated heterocycles. The van der Waals surface area contributed by atoms with Gasteiger partial charge in [0.05, 0.1) is 33.6 Å². The van der Waals surface area contributed by atoms with Crippen molar-refractivity contribution in [3.63, 3.8) is 0 Å². The summed E-state index contributed by atoms with van der Waals surface area (Å²) < 4.78 is 0. The van der Waals surface area contributed by atoms with E-state index < -0.39 is 0 Å². The Balaban J connectivity index is 0.971. The maximum absolute atomic E-state index is 5.73. The summed E-state index contributed by atoms with van der Waals surface area (Å²) in [5.74, 6) is 0.641. The van der Waals surface area contributed by atoms with Gasteiger partial charge in [-0.3, -0.25) is 0 Å². The molecule has 0 aliphatic rings. The third-order valence-corrected chi connectivity index (χ3v) is 16.0. The molecule has 0 N–H and O–H groups in total. The van der Waals surface area contributed by atoms with Crippen molar-refractivity contribution in [2.24, 2.45) is 0 Å². The van der Waals surface area contributed by atoms with Gasteiger partial charge in [-0.2, -0.15) is 0 Å². The molecule has 360 valence electrons. The Morgan fingerprint density at radius 3 is 1.05 bits per heavy atom. The molecule has 0 atom stereocenters. The van der Waals surface area contributed by atoms with E-state index in [1.165, 1.54) is 53.9 Å². The predicted molar refractivity (Wildman–Crippen MR) is 328 cm³/mol. The van der Waals surface area contributed by atoms with Crippen molar-refractivity contribution >= 4 is 97.3 Å². The Morgan fingerprint density at radius 1 is 0.192 bits per heavy atom. The number of aromatic nitrogens is 4. The van der Waals surface area contributed by atoms with E-state index in [-0.39, 0.29) is 0 Å². The Hall–Kier alpha value is -10.4. The summed E-state index contributed by atoms with van der Waals surface area (Å²) >= 11 is 0. The summed E-state index contributed by atoms with van der Waals surface area (Å²) in [6, 6.07) is 96.0. The fourth-order valence-electron chi connectivity index (χ4n) is 12.3. The maximum atomic E-state index is 5.73. The number of hydrogen-bond acceptors (Lipinski definition) is 4. The molecule has 0 amide bonds. The van der Waals surface area contributed by atoms with Gasteiger partial charge in [0, 0.05) is 54.7 Å². The van der Waals surface area contributed by atoms with Crippen LogP contribution in [0.15, 0.2) is 267 Å². The van der Waals surface area contributed by atoms with Crippen molar-refractivity contribution in [1.29, 1.82) is 0 Å². The van der Waals surface area contributed by atoms with Crippen LogP contribution in [0.3, 0.4) is 0 Å². The Bertz CT molecular complexity index is 5140. The van der Waals surface area contributed by atoms with E-state index in [4.69, 9.17) is 19.9 Å². The van der Waals surface area contributed by atoms with E-state index in [1.54, 1.807) is 0 Å². The molecule has 0 unspecified atom stereocenters. The van der Waals surface area contributed by atoms with Crippen molar-refractivity contribution in [2.75, 3.05) is 0 Å². The lowest BCUT2D eigenvalue weighted by Crippen LogP contribution is -1.99. The summed E-state index contributed by atoms with van der Waals surface area (Å²) in [6.45, 7) is 0. The lowest BCUT2D eigenvalue weighted by atomic mass is 9.87. The number of fused-ring (bicyclic) bond motifs is 13. The highest BCUT2D eigenvalue weighted by Gasteiger charge is 2.22. The molecule has 0 bridgehead atoms. The van der Waals surface area contributed by atoms with E-state index in [0.29, 0.717) is 5.82 Å². The van der Waals surface area contributed by atoms with Gasteiger partial charge in [-0.25, -0.2) is 19.9 Å². The molecule has 3 heterocycles. The molecule has 16 rings (SSSR count). The van der Waals surface area contributed by atoms with E-state index in [1.807, 2.05) is 0 Å². The smallest absolute Gasteiger partial charge is 0.160 e. The average molecular weight is 989 g/mol. The molecule has 0 radical (unpaired) electrons. The molecule has 4 nitrogen and oxygen atoms in total. The normalized spacial score (nSPS) is 11.8. The summed E-state index contributed by atoms with van der Waals surface area (Å²) in [7, 11) is 0. The SMILES string of the molecule is c1ccc2c(c1)cc(-c1cc(-c3cc4ccccc4c4ccccc34)c3nc(-c4ccc(-c5nc6ccccc6c6ccccc56)cc4)nc(-c4ccc(-c5nc6ccccc6c6ccccc56)cc4)c3c1)c1ccccc12. The molecule has 78 heavy (non-hydrogen) atoms. The summed E-state index contributed by atoms with van der Waals surface area (Å²) in [5, 5.41) is 17.5. The van der Waals surface area contributed by atoms with Crippen molar-refractivity contribution in [3.05, 3.63) is 267 Å². The second-order valence-electron chi connectivity index (χ2n) is 20.4. The first-order valence-electron chi connectivity index (χ1n) is 26.6. The molecule has 0 fully saturated rings. The monoisotopic (exact) mass is 988 g/mol. The minimum atomic E-state index is 0.641. The average Bonchev–Trinajstić information content (AvgIpc) is 3.70. The van der Waals surface area contributed by atoms with Crippen molar-refractivity contribution in [3.8, 4) is 67.4 Å². The van der Waals surface area contributed by atoms with Gasteiger partial charge in [-0.05, 0) is 107 Å². The molecule has 4 heteroatoms. The Morgan fingerprint density at radius 2 is 0.551 bits per heavy atom. The van der Waals surface area contributed by atoms with Crippen LogP contribution in [-0.4, -0.2) is 19.9 Å². The van der Waals surface area contributed by atoms with Crippen LogP contribution in [0.2, 0.25) is 0 Å². The number of benzene rings is 13. The summed E-state index contributed by atoms with van der Waals surface area (Å²) in [6.07, 6.45) is 0. The lowest BCUT2D eigenvalue weighted by Gasteiger charge is -2.19. The molecule has 13 aromatic carbocycles. The number of para-hydroxylation sites is 2. The molecule has 0 saturated carbocycles. The second kappa shape index (κ2) is 17.6. The zero-order chi connectivity index (χ0) is 51.3. The molecule has 0 aliphatic heterocycles. The minimum Gasteiger partial charge on any atom is -0.247 e. The van der Waals surface area contributed by atoms with Crippen molar-refractivity contribution in [1.82, 2.24) is 19.9 Å². The maximum Gasteiger partial charge on any atom is 0.160 e. The van der Waals surface area contributed by atoms with Gasteiger partial charge in [-0.15, -0.1) is 0 Å².